The van der Waals surface area contributed by atoms with Crippen LogP contribution in [0, 0.1) is 11.8 Å². The number of hydrogen-bond donors (Lipinski definition) is 3. The van der Waals surface area contributed by atoms with Crippen molar-refractivity contribution in [2.75, 3.05) is 44.4 Å². The summed E-state index contributed by atoms with van der Waals surface area (Å²) in [5.74, 6) is 4.54. The van der Waals surface area contributed by atoms with Gasteiger partial charge in [-0.25, -0.2) is 8.42 Å². The van der Waals surface area contributed by atoms with Gasteiger partial charge in [-0.2, -0.15) is 4.31 Å². The van der Waals surface area contributed by atoms with E-state index in [1.807, 2.05) is 0 Å². The smallest absolute Gasteiger partial charge is 0.257 e. The van der Waals surface area contributed by atoms with Crippen molar-refractivity contribution in [3.63, 3.8) is 0 Å². The van der Waals surface area contributed by atoms with Crippen LogP contribution in [0.25, 0.3) is 5.57 Å². The number of sulfonamides is 1. The highest BCUT2D eigenvalue weighted by molar-refractivity contribution is 7.89. The third-order valence-corrected chi connectivity index (χ3v) is 7.31. The van der Waals surface area contributed by atoms with Gasteiger partial charge in [-0.3, -0.25) is 14.4 Å². The van der Waals surface area contributed by atoms with Gasteiger partial charge in [0.25, 0.3) is 5.91 Å². The molecule has 0 unspecified atom stereocenters. The molecule has 0 saturated carbocycles. The summed E-state index contributed by atoms with van der Waals surface area (Å²) >= 11 is 0. The first-order valence-electron chi connectivity index (χ1n) is 10.6. The molecule has 0 radical (unpaired) electrons. The van der Waals surface area contributed by atoms with Crippen LogP contribution in [-0.4, -0.2) is 69.1 Å². The Balaban J connectivity index is 1.77. The van der Waals surface area contributed by atoms with Crippen LogP contribution < -0.4 is 16.0 Å². The first kappa shape index (κ1) is 24.0. The maximum atomic E-state index is 13.0. The van der Waals surface area contributed by atoms with Gasteiger partial charge in [0, 0.05) is 37.1 Å². The molecule has 35 heavy (non-hydrogen) atoms. The molecule has 2 aromatic carbocycles. The summed E-state index contributed by atoms with van der Waals surface area (Å²) < 4.78 is 27.0. The average Bonchev–Trinajstić information content (AvgIpc) is 3.15. The Bertz CT molecular complexity index is 1420. The van der Waals surface area contributed by atoms with Crippen molar-refractivity contribution >= 4 is 44.7 Å². The molecule has 2 aromatic rings. The van der Waals surface area contributed by atoms with Crippen molar-refractivity contribution in [3.8, 4) is 11.8 Å². The number of amides is 3. The summed E-state index contributed by atoms with van der Waals surface area (Å²) in [7, 11) is -1.28. The molecule has 0 fully saturated rings. The second kappa shape index (κ2) is 9.61. The van der Waals surface area contributed by atoms with Gasteiger partial charge in [-0.05, 0) is 30.3 Å². The van der Waals surface area contributed by atoms with Crippen LogP contribution in [0.15, 0.2) is 53.6 Å². The fourth-order valence-electron chi connectivity index (χ4n) is 3.61. The quantitative estimate of drug-likeness (QED) is 0.463. The number of nitrogens with one attached hydrogen (secondary N) is 3. The molecule has 2 heterocycles. The van der Waals surface area contributed by atoms with Crippen LogP contribution in [-0.2, 0) is 24.4 Å². The molecule has 2 aliphatic rings. The Labute approximate surface area is 203 Å². The van der Waals surface area contributed by atoms with Crippen LogP contribution in [0.4, 0.5) is 11.4 Å². The van der Waals surface area contributed by atoms with Crippen LogP contribution in [0.1, 0.15) is 11.1 Å². The van der Waals surface area contributed by atoms with E-state index in [0.29, 0.717) is 28.1 Å². The number of hydrogen-bond acceptors (Lipinski definition) is 6. The molecule has 2 bridgehead atoms. The van der Waals surface area contributed by atoms with E-state index in [0.717, 1.165) is 9.21 Å². The number of carbonyl (C=O) groups is 3. The van der Waals surface area contributed by atoms with Crippen molar-refractivity contribution in [2.24, 2.45) is 0 Å². The molecular weight excluding hydrogens is 470 g/mol. The molecule has 2 aliphatic heterocycles. The van der Waals surface area contributed by atoms with E-state index < -0.39 is 28.4 Å². The lowest BCUT2D eigenvalue weighted by atomic mass is 10.0. The molecule has 0 atom stereocenters. The molecular formula is C24H23N5O5S. The van der Waals surface area contributed by atoms with Crippen LogP contribution in [0.3, 0.4) is 0 Å². The van der Waals surface area contributed by atoms with E-state index >= 15 is 0 Å². The van der Waals surface area contributed by atoms with Crippen molar-refractivity contribution < 1.29 is 22.8 Å². The maximum Gasteiger partial charge on any atom is 0.257 e. The van der Waals surface area contributed by atoms with Gasteiger partial charge in [0.05, 0.1) is 35.8 Å². The lowest BCUT2D eigenvalue weighted by Crippen LogP contribution is -2.43. The largest absolute Gasteiger partial charge is 0.361 e. The minimum absolute atomic E-state index is 0.0302. The number of carbonyl (C=O) groups excluding carboxylic acids is 3. The van der Waals surface area contributed by atoms with Crippen molar-refractivity contribution in [2.45, 2.75) is 4.90 Å². The predicted molar refractivity (Wildman–Crippen MR) is 130 cm³/mol. The molecule has 0 aliphatic carbocycles. The summed E-state index contributed by atoms with van der Waals surface area (Å²) in [5.41, 5.74) is 2.57. The monoisotopic (exact) mass is 493 g/mol. The molecule has 3 N–H and O–H groups in total. The number of likely N-dealkylation sites (N-methyl/N-ethyl adjacent to an activating group) is 2. The molecule has 0 aromatic heterocycles. The highest BCUT2D eigenvalue weighted by atomic mass is 32.2. The van der Waals surface area contributed by atoms with E-state index in [2.05, 4.69) is 27.8 Å². The van der Waals surface area contributed by atoms with Gasteiger partial charge in [0.2, 0.25) is 21.8 Å². The maximum absolute atomic E-state index is 13.0. The summed E-state index contributed by atoms with van der Waals surface area (Å²) in [6.45, 7) is -0.658. The fraction of sp³-hybridized carbons (Fsp3) is 0.208. The normalized spacial score (nSPS) is 19.9. The fourth-order valence-corrected chi connectivity index (χ4v) is 4.78. The second-order valence-electron chi connectivity index (χ2n) is 8.00. The standard InChI is InChI=1S/C24H23N5O5S/c1-28-14-21(30)25-11-5-7-16-6-3-10-20-23(16)19(24(32)27-20)13-26-17-8-4-9-18(12-17)35(33,34)29(2)15-22(28)31/h3-4,6,8-10,12-13,26H,11,14-15H2,1-2H3,(H,25,30)(H,27,32)/b19-13-. The first-order valence-corrected chi connectivity index (χ1v) is 12.1. The number of nitrogens with zero attached hydrogens (tertiary/aromatic N) is 2. The topological polar surface area (TPSA) is 128 Å². The Morgan fingerprint density at radius 2 is 1.77 bits per heavy atom. The van der Waals surface area contributed by atoms with Crippen LogP contribution >= 0.6 is 0 Å². The van der Waals surface area contributed by atoms with Gasteiger partial charge in [-0.1, -0.05) is 24.0 Å². The summed E-state index contributed by atoms with van der Waals surface area (Å²) in [6, 6.07) is 11.3. The average molecular weight is 494 g/mol. The Hall–Kier alpha value is -4.14. The Morgan fingerprint density at radius 1 is 1.00 bits per heavy atom. The van der Waals surface area contributed by atoms with Gasteiger partial charge < -0.3 is 20.9 Å². The number of benzene rings is 2. The van der Waals surface area contributed by atoms with E-state index in [9.17, 15) is 22.8 Å². The summed E-state index contributed by atoms with van der Waals surface area (Å²) in [6.07, 6.45) is 1.50. The van der Waals surface area contributed by atoms with E-state index in [-0.39, 0.29) is 23.9 Å². The van der Waals surface area contributed by atoms with E-state index in [1.54, 1.807) is 30.3 Å². The number of fused-ring (bicyclic) bond motifs is 2. The Kier molecular flexibility index (Phi) is 6.59. The zero-order valence-electron chi connectivity index (χ0n) is 19.1. The minimum atomic E-state index is -4.00. The lowest BCUT2D eigenvalue weighted by Gasteiger charge is -2.21. The molecule has 4 rings (SSSR count). The third kappa shape index (κ3) is 5.03. The first-order chi connectivity index (χ1) is 16.7. The molecule has 180 valence electrons. The van der Waals surface area contributed by atoms with Gasteiger partial charge in [0.1, 0.15) is 0 Å². The molecule has 0 spiro atoms. The van der Waals surface area contributed by atoms with Crippen LogP contribution in [0.5, 0.6) is 0 Å². The zero-order chi connectivity index (χ0) is 25.2. The molecule has 10 nitrogen and oxygen atoms in total. The Morgan fingerprint density at radius 3 is 2.57 bits per heavy atom. The van der Waals surface area contributed by atoms with Crippen molar-refractivity contribution in [3.05, 3.63) is 59.8 Å². The number of anilines is 2. The van der Waals surface area contributed by atoms with Crippen molar-refractivity contribution in [1.82, 2.24) is 14.5 Å². The minimum Gasteiger partial charge on any atom is -0.361 e. The van der Waals surface area contributed by atoms with Gasteiger partial charge in [-0.15, -0.1) is 0 Å². The SMILES string of the molecule is CN1CC(=O)NCC#Cc2cccc3c2/C(=C/Nc2cccc(c2)S(=O)(=O)N(C)CC1=O)C(=O)N3. The lowest BCUT2D eigenvalue weighted by molar-refractivity contribution is -0.134. The summed E-state index contributed by atoms with van der Waals surface area (Å²) in [4.78, 5) is 38.5. The van der Waals surface area contributed by atoms with Gasteiger partial charge in [0.15, 0.2) is 0 Å². The van der Waals surface area contributed by atoms with E-state index in [1.165, 1.54) is 32.4 Å². The summed E-state index contributed by atoms with van der Waals surface area (Å²) in [5, 5.41) is 8.40. The van der Waals surface area contributed by atoms with Gasteiger partial charge >= 0.3 is 0 Å². The molecule has 11 heteroatoms. The highest BCUT2D eigenvalue weighted by Crippen LogP contribution is 2.34. The molecule has 0 saturated heterocycles. The van der Waals surface area contributed by atoms with E-state index in [4.69, 9.17) is 0 Å². The van der Waals surface area contributed by atoms with Crippen LogP contribution in [0.2, 0.25) is 0 Å². The highest BCUT2D eigenvalue weighted by Gasteiger charge is 2.27. The second-order valence-corrected chi connectivity index (χ2v) is 10.0. The zero-order valence-corrected chi connectivity index (χ0v) is 19.9. The van der Waals surface area contributed by atoms with Crippen molar-refractivity contribution in [1.29, 1.82) is 0 Å². The molecule has 3 amide bonds. The third-order valence-electron chi connectivity index (χ3n) is 5.51. The predicted octanol–water partition coefficient (Wildman–Crippen LogP) is 0.652. The number of rotatable bonds is 0.